The Morgan fingerprint density at radius 1 is 1.39 bits per heavy atom. The summed E-state index contributed by atoms with van der Waals surface area (Å²) in [5.41, 5.74) is 2.02. The van der Waals surface area contributed by atoms with Crippen molar-refractivity contribution in [2.45, 2.75) is 20.0 Å². The van der Waals surface area contributed by atoms with Crippen molar-refractivity contribution in [3.05, 3.63) is 52.0 Å². The topological polar surface area (TPSA) is 29.9 Å². The van der Waals surface area contributed by atoms with Crippen molar-refractivity contribution < 1.29 is 4.39 Å². The van der Waals surface area contributed by atoms with Crippen molar-refractivity contribution >= 4 is 15.9 Å². The van der Waals surface area contributed by atoms with E-state index in [-0.39, 0.29) is 5.82 Å². The first kappa shape index (κ1) is 13.2. The number of aromatic nitrogens is 2. The fourth-order valence-electron chi connectivity index (χ4n) is 1.66. The molecule has 0 unspecified atom stereocenters. The van der Waals surface area contributed by atoms with Crippen molar-refractivity contribution in [3.8, 4) is 0 Å². The lowest BCUT2D eigenvalue weighted by molar-refractivity contribution is 0.620. The minimum atomic E-state index is -0.237. The second-order valence-electron chi connectivity index (χ2n) is 4.02. The number of halogens is 2. The van der Waals surface area contributed by atoms with Gasteiger partial charge in [-0.25, -0.2) is 4.39 Å². The average Bonchev–Trinajstić information content (AvgIpc) is 2.78. The highest BCUT2D eigenvalue weighted by atomic mass is 79.9. The second kappa shape index (κ2) is 6.11. The van der Waals surface area contributed by atoms with Gasteiger partial charge in [-0.3, -0.25) is 4.68 Å². The second-order valence-corrected chi connectivity index (χ2v) is 4.88. The van der Waals surface area contributed by atoms with Crippen LogP contribution in [0.15, 0.2) is 34.9 Å². The summed E-state index contributed by atoms with van der Waals surface area (Å²) in [7, 11) is 0. The molecule has 0 aliphatic carbocycles. The largest absolute Gasteiger partial charge is 0.311 e. The number of nitrogens with one attached hydrogen (secondary N) is 1. The lowest BCUT2D eigenvalue weighted by Crippen LogP contribution is -2.12. The Balaban J connectivity index is 2.06. The van der Waals surface area contributed by atoms with E-state index in [1.807, 2.05) is 16.9 Å². The van der Waals surface area contributed by atoms with E-state index in [1.165, 1.54) is 12.1 Å². The zero-order valence-electron chi connectivity index (χ0n) is 10.2. The van der Waals surface area contributed by atoms with Gasteiger partial charge in [0.1, 0.15) is 5.82 Å². The summed E-state index contributed by atoms with van der Waals surface area (Å²) in [5, 5.41) is 7.67. The quantitative estimate of drug-likeness (QED) is 0.920. The molecule has 0 amide bonds. The highest BCUT2D eigenvalue weighted by Gasteiger charge is 2.04. The maximum absolute atomic E-state index is 13.0. The van der Waals surface area contributed by atoms with Crippen LogP contribution in [0.4, 0.5) is 4.39 Å². The van der Waals surface area contributed by atoms with Gasteiger partial charge in [-0.15, -0.1) is 0 Å². The van der Waals surface area contributed by atoms with Crippen LogP contribution >= 0.6 is 15.9 Å². The number of rotatable bonds is 5. The molecule has 0 aliphatic heterocycles. The Morgan fingerprint density at radius 3 is 2.94 bits per heavy atom. The van der Waals surface area contributed by atoms with Crippen molar-refractivity contribution in [1.82, 2.24) is 15.1 Å². The molecule has 0 atom stereocenters. The molecule has 18 heavy (non-hydrogen) atoms. The normalized spacial score (nSPS) is 10.8. The molecule has 0 saturated heterocycles. The Hall–Kier alpha value is -1.20. The van der Waals surface area contributed by atoms with Crippen LogP contribution in [0.5, 0.6) is 0 Å². The third-order valence-electron chi connectivity index (χ3n) is 2.60. The monoisotopic (exact) mass is 311 g/mol. The standard InChI is InChI=1S/C13H15BrFN3/c1-2-16-8-12-5-6-18(17-12)9-10-3-4-11(15)7-13(10)14/h3-7,16H,2,8-9H2,1H3. The molecule has 0 bridgehead atoms. The molecule has 3 nitrogen and oxygen atoms in total. The lowest BCUT2D eigenvalue weighted by atomic mass is 10.2. The Morgan fingerprint density at radius 2 is 2.22 bits per heavy atom. The summed E-state index contributed by atoms with van der Waals surface area (Å²) in [5.74, 6) is -0.237. The van der Waals surface area contributed by atoms with E-state index >= 15 is 0 Å². The summed E-state index contributed by atoms with van der Waals surface area (Å²) in [4.78, 5) is 0. The first-order valence-corrected chi connectivity index (χ1v) is 6.65. The van der Waals surface area contributed by atoms with Crippen LogP contribution in [0.3, 0.4) is 0 Å². The molecule has 0 radical (unpaired) electrons. The lowest BCUT2D eigenvalue weighted by Gasteiger charge is -2.05. The van der Waals surface area contributed by atoms with Gasteiger partial charge in [-0.1, -0.05) is 28.9 Å². The smallest absolute Gasteiger partial charge is 0.124 e. The molecule has 0 saturated carbocycles. The molecule has 1 aromatic carbocycles. The maximum Gasteiger partial charge on any atom is 0.124 e. The van der Waals surface area contributed by atoms with E-state index in [4.69, 9.17) is 0 Å². The van der Waals surface area contributed by atoms with E-state index in [1.54, 1.807) is 6.07 Å². The summed E-state index contributed by atoms with van der Waals surface area (Å²) in [6.45, 7) is 4.39. The number of hydrogen-bond acceptors (Lipinski definition) is 2. The summed E-state index contributed by atoms with van der Waals surface area (Å²) >= 11 is 3.36. The van der Waals surface area contributed by atoms with Crippen LogP contribution < -0.4 is 5.32 Å². The SMILES string of the molecule is CCNCc1ccn(Cc2ccc(F)cc2Br)n1. The van der Waals surface area contributed by atoms with Crippen molar-refractivity contribution in [2.75, 3.05) is 6.54 Å². The first-order valence-electron chi connectivity index (χ1n) is 5.86. The maximum atomic E-state index is 13.0. The zero-order valence-corrected chi connectivity index (χ0v) is 11.7. The van der Waals surface area contributed by atoms with Crippen molar-refractivity contribution in [2.24, 2.45) is 0 Å². The minimum absolute atomic E-state index is 0.237. The van der Waals surface area contributed by atoms with E-state index < -0.39 is 0 Å². The van der Waals surface area contributed by atoms with Gasteiger partial charge in [0.15, 0.2) is 0 Å². The molecule has 1 aromatic heterocycles. The molecule has 0 aliphatic rings. The minimum Gasteiger partial charge on any atom is -0.311 e. The van der Waals surface area contributed by atoms with Crippen LogP contribution in [0, 0.1) is 5.82 Å². The molecular weight excluding hydrogens is 297 g/mol. The van der Waals surface area contributed by atoms with Crippen molar-refractivity contribution in [3.63, 3.8) is 0 Å². The van der Waals surface area contributed by atoms with Gasteiger partial charge in [0.25, 0.3) is 0 Å². The van der Waals surface area contributed by atoms with Crippen LogP contribution in [0.25, 0.3) is 0 Å². The van der Waals surface area contributed by atoms with E-state index in [9.17, 15) is 4.39 Å². The molecule has 0 fully saturated rings. The fourth-order valence-corrected chi connectivity index (χ4v) is 2.14. The number of hydrogen-bond donors (Lipinski definition) is 1. The van der Waals surface area contributed by atoms with Crippen LogP contribution in [-0.2, 0) is 13.1 Å². The van der Waals surface area contributed by atoms with Crippen molar-refractivity contribution in [1.29, 1.82) is 0 Å². The first-order chi connectivity index (χ1) is 8.69. The van der Waals surface area contributed by atoms with Crippen LogP contribution in [0.1, 0.15) is 18.2 Å². The van der Waals surface area contributed by atoms with Gasteiger partial charge in [-0.05, 0) is 30.3 Å². The van der Waals surface area contributed by atoms with Gasteiger partial charge in [0.05, 0.1) is 12.2 Å². The molecule has 0 spiro atoms. The summed E-state index contributed by atoms with van der Waals surface area (Å²) < 4.78 is 15.6. The Bertz CT molecular complexity index is 525. The molecule has 96 valence electrons. The number of nitrogens with zero attached hydrogens (tertiary/aromatic N) is 2. The van der Waals surface area contributed by atoms with Gasteiger partial charge >= 0.3 is 0 Å². The summed E-state index contributed by atoms with van der Waals surface area (Å²) in [6.07, 6.45) is 1.93. The number of benzene rings is 1. The van der Waals surface area contributed by atoms with Crippen LogP contribution in [0.2, 0.25) is 0 Å². The fraction of sp³-hybridized carbons (Fsp3) is 0.308. The third-order valence-corrected chi connectivity index (χ3v) is 3.34. The predicted octanol–water partition coefficient (Wildman–Crippen LogP) is 2.94. The van der Waals surface area contributed by atoms with E-state index in [0.29, 0.717) is 6.54 Å². The Kier molecular flexibility index (Phi) is 4.49. The highest BCUT2D eigenvalue weighted by Crippen LogP contribution is 2.18. The van der Waals surface area contributed by atoms with Gasteiger partial charge < -0.3 is 5.32 Å². The van der Waals surface area contributed by atoms with E-state index in [2.05, 4.69) is 33.3 Å². The van der Waals surface area contributed by atoms with Gasteiger partial charge in [0.2, 0.25) is 0 Å². The van der Waals surface area contributed by atoms with Gasteiger partial charge in [-0.2, -0.15) is 5.10 Å². The van der Waals surface area contributed by atoms with Gasteiger partial charge in [0, 0.05) is 17.2 Å². The molecular formula is C13H15BrFN3. The zero-order chi connectivity index (χ0) is 13.0. The Labute approximate surface area is 114 Å². The van der Waals surface area contributed by atoms with Crippen LogP contribution in [-0.4, -0.2) is 16.3 Å². The molecule has 1 heterocycles. The average molecular weight is 312 g/mol. The highest BCUT2D eigenvalue weighted by molar-refractivity contribution is 9.10. The molecule has 2 aromatic rings. The molecule has 2 rings (SSSR count). The molecule has 5 heteroatoms. The van der Waals surface area contributed by atoms with E-state index in [0.717, 1.165) is 28.8 Å². The molecule has 1 N–H and O–H groups in total. The predicted molar refractivity (Wildman–Crippen MR) is 72.8 cm³/mol. The summed E-state index contributed by atoms with van der Waals surface area (Å²) in [6, 6.07) is 6.69. The third kappa shape index (κ3) is 3.40.